The lowest BCUT2D eigenvalue weighted by Gasteiger charge is -2.18. The number of nitrogens with one attached hydrogen (secondary N) is 1. The van der Waals surface area contributed by atoms with E-state index in [1.807, 2.05) is 6.07 Å². The van der Waals surface area contributed by atoms with E-state index in [2.05, 4.69) is 5.32 Å². The van der Waals surface area contributed by atoms with Crippen molar-refractivity contribution in [3.05, 3.63) is 24.2 Å². The Hall–Kier alpha value is -1.82. The molecule has 1 aromatic rings. The van der Waals surface area contributed by atoms with Gasteiger partial charge in [0.15, 0.2) is 0 Å². The summed E-state index contributed by atoms with van der Waals surface area (Å²) in [5, 5.41) is 11.6. The molecular weight excluding hydrogens is 260 g/mol. The summed E-state index contributed by atoms with van der Waals surface area (Å²) in [6.45, 7) is 1.36. The lowest BCUT2D eigenvalue weighted by Crippen LogP contribution is -2.34. The lowest BCUT2D eigenvalue weighted by atomic mass is 10.2. The van der Waals surface area contributed by atoms with Gasteiger partial charge in [-0.15, -0.1) is 0 Å². The van der Waals surface area contributed by atoms with E-state index in [0.29, 0.717) is 43.8 Å². The number of carbonyl (C=O) groups excluding carboxylic acids is 2. The van der Waals surface area contributed by atoms with Gasteiger partial charge in [-0.05, 0) is 29.9 Å². The Morgan fingerprint density at radius 2 is 2.15 bits per heavy atom. The minimum absolute atomic E-state index is 0.0286. The number of amides is 2. The molecule has 20 heavy (non-hydrogen) atoms. The number of hydrogen-bond donors (Lipinski definition) is 2. The first-order valence-corrected chi connectivity index (χ1v) is 6.86. The second kappa shape index (κ2) is 5.28. The predicted molar refractivity (Wildman–Crippen MR) is 69.3 cm³/mol. The Kier molecular flexibility index (Phi) is 3.48. The third-order valence-electron chi connectivity index (χ3n) is 4.32. The minimum atomic E-state index is -0.423. The van der Waals surface area contributed by atoms with E-state index in [4.69, 9.17) is 9.52 Å². The number of piperidine rings is 1. The van der Waals surface area contributed by atoms with Gasteiger partial charge >= 0.3 is 0 Å². The van der Waals surface area contributed by atoms with Crippen LogP contribution in [0.5, 0.6) is 0 Å². The van der Waals surface area contributed by atoms with Gasteiger partial charge in [0.25, 0.3) is 0 Å². The number of aliphatic hydroxyl groups excluding tert-OH is 1. The summed E-state index contributed by atoms with van der Waals surface area (Å²) in [6, 6.07) is 3.62. The second-order valence-electron chi connectivity index (χ2n) is 5.51. The summed E-state index contributed by atoms with van der Waals surface area (Å²) >= 11 is 0. The van der Waals surface area contributed by atoms with E-state index >= 15 is 0 Å². The average Bonchev–Trinajstić information content (AvgIpc) is 2.92. The van der Waals surface area contributed by atoms with Gasteiger partial charge in [0, 0.05) is 19.5 Å². The molecule has 0 bridgehead atoms. The molecule has 0 spiro atoms. The maximum absolute atomic E-state index is 11.8. The Bertz CT molecular complexity index is 487. The van der Waals surface area contributed by atoms with Crippen molar-refractivity contribution in [1.29, 1.82) is 0 Å². The Morgan fingerprint density at radius 1 is 1.40 bits per heavy atom. The third-order valence-corrected chi connectivity index (χ3v) is 4.32. The lowest BCUT2D eigenvalue weighted by molar-refractivity contribution is -0.133. The average molecular weight is 278 g/mol. The molecule has 2 fully saturated rings. The molecule has 2 aliphatic rings. The number of fused-ring (bicyclic) bond motifs is 1. The molecule has 3 rings (SSSR count). The summed E-state index contributed by atoms with van der Waals surface area (Å²) in [4.78, 5) is 24.8. The number of aliphatic hydroxyl groups is 1. The molecular formula is C14H18N2O4. The molecule has 6 heteroatoms. The summed E-state index contributed by atoms with van der Waals surface area (Å²) < 4.78 is 5.15. The molecule has 1 saturated heterocycles. The number of rotatable bonds is 5. The van der Waals surface area contributed by atoms with Crippen LogP contribution in [0.4, 0.5) is 0 Å². The van der Waals surface area contributed by atoms with Gasteiger partial charge in [0.05, 0.1) is 12.8 Å². The molecule has 1 saturated carbocycles. The van der Waals surface area contributed by atoms with Crippen LogP contribution in [0.1, 0.15) is 12.2 Å². The molecule has 6 nitrogen and oxygen atoms in total. The van der Waals surface area contributed by atoms with Gasteiger partial charge in [-0.3, -0.25) is 9.59 Å². The number of furan rings is 1. The van der Waals surface area contributed by atoms with Crippen molar-refractivity contribution in [2.75, 3.05) is 19.7 Å². The number of carbonyl (C=O) groups is 2. The quantitative estimate of drug-likeness (QED) is 0.793. The van der Waals surface area contributed by atoms with E-state index in [9.17, 15) is 9.59 Å². The van der Waals surface area contributed by atoms with E-state index in [-0.39, 0.29) is 11.8 Å². The highest BCUT2D eigenvalue weighted by Gasteiger charge is 2.56. The zero-order valence-electron chi connectivity index (χ0n) is 11.1. The minimum Gasteiger partial charge on any atom is -0.467 e. The number of likely N-dealkylation sites (tertiary alicyclic amines) is 1. The van der Waals surface area contributed by atoms with Crippen LogP contribution >= 0.6 is 0 Å². The normalized spacial score (nSPS) is 27.2. The number of hydrogen-bond acceptors (Lipinski definition) is 4. The first-order valence-electron chi connectivity index (χ1n) is 6.86. The molecule has 1 aromatic heterocycles. The monoisotopic (exact) mass is 278 g/mol. The van der Waals surface area contributed by atoms with Crippen LogP contribution in [0.25, 0.3) is 0 Å². The topological polar surface area (TPSA) is 82.8 Å². The SMILES string of the molecule is O=C(CC1[C@H]2CN(C(=O)CO)C[C@@H]12)NCc1ccco1. The van der Waals surface area contributed by atoms with Gasteiger partial charge in [0.2, 0.25) is 11.8 Å². The van der Waals surface area contributed by atoms with Crippen molar-refractivity contribution < 1.29 is 19.1 Å². The highest BCUT2D eigenvalue weighted by Crippen LogP contribution is 2.53. The molecule has 0 radical (unpaired) electrons. The molecule has 1 unspecified atom stereocenters. The zero-order valence-corrected chi connectivity index (χ0v) is 11.1. The Labute approximate surface area is 116 Å². The third kappa shape index (κ3) is 2.56. The first-order chi connectivity index (χ1) is 9.69. The highest BCUT2D eigenvalue weighted by molar-refractivity contribution is 5.78. The molecule has 2 heterocycles. The number of nitrogens with zero attached hydrogens (tertiary/aromatic N) is 1. The van der Waals surface area contributed by atoms with E-state index in [1.165, 1.54) is 0 Å². The second-order valence-corrected chi connectivity index (χ2v) is 5.51. The largest absolute Gasteiger partial charge is 0.467 e. The fraction of sp³-hybridized carbons (Fsp3) is 0.571. The van der Waals surface area contributed by atoms with E-state index < -0.39 is 6.61 Å². The summed E-state index contributed by atoms with van der Waals surface area (Å²) in [5.74, 6) is 1.81. The standard InChI is InChI=1S/C14H18N2O4/c17-8-14(19)16-6-11-10(12(11)7-16)4-13(18)15-5-9-2-1-3-20-9/h1-3,10-12,17H,4-8H2,(H,15,18)/t10?,11-,12+. The summed E-state index contributed by atoms with van der Waals surface area (Å²) in [5.41, 5.74) is 0. The molecule has 1 aliphatic carbocycles. The molecule has 0 aromatic carbocycles. The maximum atomic E-state index is 11.8. The van der Waals surface area contributed by atoms with Gasteiger partial charge < -0.3 is 19.7 Å². The highest BCUT2D eigenvalue weighted by atomic mass is 16.3. The molecule has 108 valence electrons. The van der Waals surface area contributed by atoms with Crippen molar-refractivity contribution in [3.8, 4) is 0 Å². The zero-order chi connectivity index (χ0) is 14.1. The van der Waals surface area contributed by atoms with Crippen LogP contribution in [0, 0.1) is 17.8 Å². The Morgan fingerprint density at radius 3 is 2.75 bits per heavy atom. The fourth-order valence-electron chi connectivity index (χ4n) is 3.14. The van der Waals surface area contributed by atoms with Crippen LogP contribution in [0.15, 0.2) is 22.8 Å². The van der Waals surface area contributed by atoms with Gasteiger partial charge in [-0.25, -0.2) is 0 Å². The van der Waals surface area contributed by atoms with Crippen LogP contribution in [-0.2, 0) is 16.1 Å². The summed E-state index contributed by atoms with van der Waals surface area (Å²) in [6.07, 6.45) is 2.09. The van der Waals surface area contributed by atoms with Crippen molar-refractivity contribution in [3.63, 3.8) is 0 Å². The van der Waals surface area contributed by atoms with Crippen LogP contribution < -0.4 is 5.32 Å². The Balaban J connectivity index is 1.39. The van der Waals surface area contributed by atoms with Gasteiger partial charge in [0.1, 0.15) is 12.4 Å². The van der Waals surface area contributed by atoms with Crippen LogP contribution in [0.3, 0.4) is 0 Å². The van der Waals surface area contributed by atoms with Crippen molar-refractivity contribution >= 4 is 11.8 Å². The molecule has 1 aliphatic heterocycles. The molecule has 2 amide bonds. The van der Waals surface area contributed by atoms with Crippen LogP contribution in [-0.4, -0.2) is 41.5 Å². The summed E-state index contributed by atoms with van der Waals surface area (Å²) in [7, 11) is 0. The van der Waals surface area contributed by atoms with Crippen LogP contribution in [0.2, 0.25) is 0 Å². The van der Waals surface area contributed by atoms with Gasteiger partial charge in [-0.2, -0.15) is 0 Å². The molecule has 2 N–H and O–H groups in total. The maximum Gasteiger partial charge on any atom is 0.248 e. The van der Waals surface area contributed by atoms with Crippen molar-refractivity contribution in [2.45, 2.75) is 13.0 Å². The smallest absolute Gasteiger partial charge is 0.248 e. The fourth-order valence-corrected chi connectivity index (χ4v) is 3.14. The first kappa shape index (κ1) is 13.2. The van der Waals surface area contributed by atoms with Crippen molar-refractivity contribution in [2.24, 2.45) is 17.8 Å². The predicted octanol–water partition coefficient (Wildman–Crippen LogP) is -0.0174. The van der Waals surface area contributed by atoms with E-state index in [0.717, 1.165) is 5.76 Å². The van der Waals surface area contributed by atoms with Gasteiger partial charge in [-0.1, -0.05) is 0 Å². The molecule has 3 atom stereocenters. The van der Waals surface area contributed by atoms with E-state index in [1.54, 1.807) is 17.2 Å². The van der Waals surface area contributed by atoms with Crippen molar-refractivity contribution in [1.82, 2.24) is 10.2 Å².